The number of halogens is 2. The predicted octanol–water partition coefficient (Wildman–Crippen LogP) is 2.47. The lowest BCUT2D eigenvalue weighted by Gasteiger charge is -2.32. The van der Waals surface area contributed by atoms with Gasteiger partial charge in [-0.1, -0.05) is 19.4 Å². The van der Waals surface area contributed by atoms with Crippen molar-refractivity contribution < 1.29 is 23.2 Å². The smallest absolute Gasteiger partial charge is 0.328 e. The summed E-state index contributed by atoms with van der Waals surface area (Å²) in [6.07, 6.45) is 2.64. The summed E-state index contributed by atoms with van der Waals surface area (Å²) in [5.74, 6) is -2.74. The van der Waals surface area contributed by atoms with Gasteiger partial charge in [-0.15, -0.1) is 0 Å². The van der Waals surface area contributed by atoms with Crippen LogP contribution in [0.5, 0.6) is 0 Å². The quantitative estimate of drug-likeness (QED) is 0.225. The first-order valence-corrected chi connectivity index (χ1v) is 13.2. The summed E-state index contributed by atoms with van der Waals surface area (Å²) in [5.41, 5.74) is 7.36. The summed E-state index contributed by atoms with van der Waals surface area (Å²) in [5, 5.41) is 15.1. The molecule has 1 aromatic rings. The second-order valence-electron chi connectivity index (χ2n) is 10.2. The summed E-state index contributed by atoms with van der Waals surface area (Å²) in [4.78, 5) is 46.0. The van der Waals surface area contributed by atoms with Gasteiger partial charge in [-0.2, -0.15) is 5.26 Å². The van der Waals surface area contributed by atoms with E-state index < -0.39 is 18.0 Å². The molecule has 13 heteroatoms. The zero-order valence-electron chi connectivity index (χ0n) is 23.0. The maximum Gasteiger partial charge on any atom is 0.328 e. The van der Waals surface area contributed by atoms with Crippen LogP contribution < -0.4 is 21.3 Å². The number of nitrogens with one attached hydrogen (secondary N) is 2. The minimum Gasteiger partial charge on any atom is -0.385 e. The normalized spacial score (nSPS) is 20.0. The number of nitrogens with two attached hydrogens (primary N) is 1. The van der Waals surface area contributed by atoms with Gasteiger partial charge in [-0.25, -0.2) is 18.6 Å². The Bertz CT molecular complexity index is 1230. The Labute approximate surface area is 232 Å². The van der Waals surface area contributed by atoms with Crippen LogP contribution in [-0.2, 0) is 11.3 Å². The fourth-order valence-electron chi connectivity index (χ4n) is 4.63. The number of nitrogens with zero attached hydrogens (tertiary/aromatic N) is 5. The Hall–Kier alpha value is -4.05. The number of nitriles is 1. The highest BCUT2D eigenvalue weighted by molar-refractivity contribution is 5.92. The number of aldehydes is 1. The van der Waals surface area contributed by atoms with Gasteiger partial charge in [0, 0.05) is 57.2 Å². The average molecular weight is 559 g/mol. The summed E-state index contributed by atoms with van der Waals surface area (Å²) in [6.45, 7) is 3.67. The van der Waals surface area contributed by atoms with Gasteiger partial charge in [-0.3, -0.25) is 24.7 Å². The Morgan fingerprint density at radius 2 is 2.12 bits per heavy atom. The zero-order valence-corrected chi connectivity index (χ0v) is 23.0. The van der Waals surface area contributed by atoms with Crippen LogP contribution in [-0.4, -0.2) is 78.7 Å². The van der Waals surface area contributed by atoms with Gasteiger partial charge >= 0.3 is 6.03 Å². The van der Waals surface area contributed by atoms with Gasteiger partial charge < -0.3 is 16.0 Å². The summed E-state index contributed by atoms with van der Waals surface area (Å²) < 4.78 is 27.4. The Morgan fingerprint density at radius 1 is 1.38 bits per heavy atom. The topological polar surface area (TPSA) is 148 Å². The van der Waals surface area contributed by atoms with Crippen LogP contribution in [0.1, 0.15) is 55.1 Å². The SMILES string of the molecule is CCC/C(C#N)=C(\C=C(/N)NC(=O)N(C)c1ccc(CN2CCN(C)CC2=O)c(C=O)n1)NC1CCC(F)(F)C1. The summed E-state index contributed by atoms with van der Waals surface area (Å²) in [7, 11) is 3.31. The molecule has 40 heavy (non-hydrogen) atoms. The van der Waals surface area contributed by atoms with Crippen LogP contribution in [0.25, 0.3) is 0 Å². The molecule has 1 saturated carbocycles. The van der Waals surface area contributed by atoms with Gasteiger partial charge in [0.1, 0.15) is 17.3 Å². The third-order valence-corrected chi connectivity index (χ3v) is 6.90. The molecule has 0 spiro atoms. The standard InChI is InChI=1S/C27H36F2N8O3/c1-4-5-18(14-30)21(32-20-8-9-27(28,29)13-20)12-23(31)34-26(40)36(3)24-7-6-19(22(17-38)33-24)15-37-11-10-35(2)16-25(37)39/h6-7,12,17,20,32H,4-5,8-11,13,15-16,31H2,1-3H3,(H,34,40)/b21-18-,23-12+. The van der Waals surface area contributed by atoms with Gasteiger partial charge in [0.05, 0.1) is 23.9 Å². The van der Waals surface area contributed by atoms with Crippen LogP contribution in [0.2, 0.25) is 0 Å². The number of rotatable bonds is 10. The second-order valence-corrected chi connectivity index (χ2v) is 10.2. The molecule has 216 valence electrons. The highest BCUT2D eigenvalue weighted by Crippen LogP contribution is 2.35. The molecular weight excluding hydrogens is 522 g/mol. The second kappa shape index (κ2) is 13.3. The van der Waals surface area contributed by atoms with Crippen molar-refractivity contribution >= 4 is 24.0 Å². The van der Waals surface area contributed by atoms with Crippen LogP contribution in [0.3, 0.4) is 0 Å². The van der Waals surface area contributed by atoms with Crippen LogP contribution in [0, 0.1) is 11.3 Å². The van der Waals surface area contributed by atoms with Crippen molar-refractivity contribution in [1.82, 2.24) is 25.4 Å². The lowest BCUT2D eigenvalue weighted by atomic mass is 10.1. The van der Waals surface area contributed by atoms with E-state index in [2.05, 4.69) is 21.7 Å². The fourth-order valence-corrected chi connectivity index (χ4v) is 4.63. The van der Waals surface area contributed by atoms with E-state index in [1.165, 1.54) is 13.1 Å². The van der Waals surface area contributed by atoms with Crippen molar-refractivity contribution in [3.05, 3.63) is 46.6 Å². The minimum atomic E-state index is -2.77. The molecular formula is C27H36F2N8O3. The minimum absolute atomic E-state index is 0.0449. The molecule has 2 fully saturated rings. The monoisotopic (exact) mass is 558 g/mol. The van der Waals surface area contributed by atoms with Crippen LogP contribution in [0.4, 0.5) is 19.4 Å². The lowest BCUT2D eigenvalue weighted by Crippen LogP contribution is -2.48. The molecule has 1 aliphatic carbocycles. The molecule has 2 aliphatic rings. The van der Waals surface area contributed by atoms with Crippen molar-refractivity contribution in [1.29, 1.82) is 5.26 Å². The van der Waals surface area contributed by atoms with E-state index in [1.807, 2.05) is 18.9 Å². The Kier molecular flexibility index (Phi) is 10.2. The number of anilines is 1. The number of alkyl halides is 2. The number of likely N-dealkylation sites (N-methyl/N-ethyl adjacent to an activating group) is 1. The third-order valence-electron chi connectivity index (χ3n) is 6.90. The predicted molar refractivity (Wildman–Crippen MR) is 145 cm³/mol. The first kappa shape index (κ1) is 30.5. The molecule has 4 N–H and O–H groups in total. The molecule has 2 heterocycles. The van der Waals surface area contributed by atoms with Crippen molar-refractivity contribution in [3.8, 4) is 6.07 Å². The number of carbonyl (C=O) groups excluding carboxylic acids is 3. The molecule has 1 atom stereocenters. The Balaban J connectivity index is 1.73. The van der Waals surface area contributed by atoms with E-state index in [0.717, 1.165) is 11.4 Å². The summed E-state index contributed by atoms with van der Waals surface area (Å²) in [6, 6.07) is 4.10. The zero-order chi connectivity index (χ0) is 29.4. The Morgan fingerprint density at radius 3 is 2.73 bits per heavy atom. The highest BCUT2D eigenvalue weighted by atomic mass is 19.3. The van der Waals surface area contributed by atoms with E-state index in [0.29, 0.717) is 43.4 Å². The van der Waals surface area contributed by atoms with E-state index in [9.17, 15) is 28.4 Å². The van der Waals surface area contributed by atoms with E-state index in [1.54, 1.807) is 17.0 Å². The van der Waals surface area contributed by atoms with Crippen LogP contribution in [0.15, 0.2) is 35.3 Å². The molecule has 1 unspecified atom stereocenters. The molecule has 1 aromatic heterocycles. The van der Waals surface area contributed by atoms with Crippen molar-refractivity contribution in [2.45, 2.75) is 57.5 Å². The third kappa shape index (κ3) is 7.98. The largest absolute Gasteiger partial charge is 0.385 e. The van der Waals surface area contributed by atoms with Crippen molar-refractivity contribution in [3.63, 3.8) is 0 Å². The van der Waals surface area contributed by atoms with E-state index in [4.69, 9.17) is 5.73 Å². The number of urea groups is 1. The van der Waals surface area contributed by atoms with E-state index in [-0.39, 0.29) is 54.7 Å². The molecule has 0 bridgehead atoms. The molecule has 3 rings (SSSR count). The van der Waals surface area contributed by atoms with Crippen LogP contribution >= 0.6 is 0 Å². The van der Waals surface area contributed by atoms with Crippen molar-refractivity contribution in [2.75, 3.05) is 38.6 Å². The summed E-state index contributed by atoms with van der Waals surface area (Å²) >= 11 is 0. The fraction of sp³-hybridized carbons (Fsp3) is 0.519. The first-order valence-electron chi connectivity index (χ1n) is 13.2. The van der Waals surface area contributed by atoms with Gasteiger partial charge in [0.25, 0.3) is 0 Å². The average Bonchev–Trinajstić information content (AvgIpc) is 3.25. The van der Waals surface area contributed by atoms with Gasteiger partial charge in [0.15, 0.2) is 6.29 Å². The molecule has 11 nitrogen and oxygen atoms in total. The highest BCUT2D eigenvalue weighted by Gasteiger charge is 2.39. The number of aromatic nitrogens is 1. The molecule has 3 amide bonds. The molecule has 1 aliphatic heterocycles. The van der Waals surface area contributed by atoms with E-state index >= 15 is 0 Å². The number of hydrogen-bond acceptors (Lipinski definition) is 8. The first-order chi connectivity index (χ1) is 19.0. The van der Waals surface area contributed by atoms with Gasteiger partial charge in [-0.05, 0) is 26.0 Å². The molecule has 0 radical (unpaired) electrons. The maximum atomic E-state index is 13.7. The number of pyridine rings is 1. The lowest BCUT2D eigenvalue weighted by molar-refractivity contribution is -0.136. The number of piperazine rings is 1. The number of allylic oxidation sites excluding steroid dienone is 2. The van der Waals surface area contributed by atoms with Gasteiger partial charge in [0.2, 0.25) is 11.8 Å². The molecule has 0 aromatic carbocycles. The van der Waals surface area contributed by atoms with Crippen molar-refractivity contribution in [2.24, 2.45) is 5.73 Å². The molecule has 1 saturated heterocycles. The maximum absolute atomic E-state index is 13.7. The number of amides is 3. The number of carbonyl (C=O) groups is 3. The number of hydrogen-bond donors (Lipinski definition) is 3.